The summed E-state index contributed by atoms with van der Waals surface area (Å²) in [7, 11) is 0. The van der Waals surface area contributed by atoms with Crippen LogP contribution >= 0.6 is 0 Å². The largest absolute Gasteiger partial charge is 0.462 e. The summed E-state index contributed by atoms with van der Waals surface area (Å²) in [4.78, 5) is 11.9. The van der Waals surface area contributed by atoms with Crippen LogP contribution in [-0.4, -0.2) is 23.8 Å². The highest BCUT2D eigenvalue weighted by atomic mass is 16.5. The second-order valence-corrected chi connectivity index (χ2v) is 15.2. The first-order chi connectivity index (χ1) is 16.2. The predicted octanol–water partition coefficient (Wildman–Crippen LogP) is 7.63. The van der Waals surface area contributed by atoms with Gasteiger partial charge in [-0.2, -0.15) is 0 Å². The molecule has 0 spiro atoms. The summed E-state index contributed by atoms with van der Waals surface area (Å²) in [5, 5.41) is 10.2. The molecular weight excluding hydrogens is 432 g/mol. The zero-order chi connectivity index (χ0) is 25.7. The van der Waals surface area contributed by atoms with Crippen LogP contribution in [0.5, 0.6) is 0 Å². The second-order valence-electron chi connectivity index (χ2n) is 15.2. The van der Waals surface area contributed by atoms with Crippen LogP contribution in [-0.2, 0) is 9.53 Å². The van der Waals surface area contributed by atoms with Gasteiger partial charge in [-0.1, -0.05) is 66.2 Å². The molecule has 0 bridgehead atoms. The van der Waals surface area contributed by atoms with Crippen LogP contribution in [0, 0.1) is 44.3 Å². The molecule has 196 valence electrons. The minimum absolute atomic E-state index is 0.00900. The summed E-state index contributed by atoms with van der Waals surface area (Å²) in [6.45, 7) is 19.1. The van der Waals surface area contributed by atoms with Gasteiger partial charge in [-0.05, 0) is 102 Å². The lowest BCUT2D eigenvalue weighted by atomic mass is 9.35. The summed E-state index contributed by atoms with van der Waals surface area (Å²) < 4.78 is 5.88. The van der Waals surface area contributed by atoms with E-state index in [2.05, 4.69) is 60.6 Å². The number of fused-ring (bicyclic) bond motifs is 6. The summed E-state index contributed by atoms with van der Waals surface area (Å²) in [5.41, 5.74) is 4.22. The van der Waals surface area contributed by atoms with Crippen LogP contribution < -0.4 is 0 Å². The lowest BCUT2D eigenvalue weighted by Gasteiger charge is -2.69. The second kappa shape index (κ2) is 7.71. The topological polar surface area (TPSA) is 46.5 Å². The van der Waals surface area contributed by atoms with Crippen molar-refractivity contribution in [3.05, 3.63) is 23.3 Å². The molecule has 8 atom stereocenters. The lowest BCUT2D eigenvalue weighted by Crippen LogP contribution is -2.63. The molecular formula is C32H50O3. The van der Waals surface area contributed by atoms with Gasteiger partial charge in [-0.3, -0.25) is 4.79 Å². The Morgan fingerprint density at radius 2 is 1.66 bits per heavy atom. The highest BCUT2D eigenvalue weighted by Gasteiger charge is 2.66. The Labute approximate surface area is 214 Å². The number of carbonyl (C=O) groups excluding carboxylic acids is 1. The van der Waals surface area contributed by atoms with Crippen molar-refractivity contribution in [1.29, 1.82) is 0 Å². The number of aliphatic hydroxyl groups excluding tert-OH is 1. The van der Waals surface area contributed by atoms with Gasteiger partial charge in [0.05, 0.1) is 0 Å². The zero-order valence-corrected chi connectivity index (χ0v) is 23.7. The molecule has 5 aliphatic rings. The number of hydrogen-bond acceptors (Lipinski definition) is 3. The number of ether oxygens (including phenoxy) is 1. The number of hydrogen-bond donors (Lipinski definition) is 1. The molecule has 1 N–H and O–H groups in total. The minimum atomic E-state index is -0.138. The van der Waals surface area contributed by atoms with Crippen molar-refractivity contribution in [3.8, 4) is 0 Å². The Bertz CT molecular complexity index is 975. The highest BCUT2D eigenvalue weighted by molar-refractivity contribution is 5.66. The van der Waals surface area contributed by atoms with E-state index in [0.717, 1.165) is 25.7 Å². The highest BCUT2D eigenvalue weighted by Crippen LogP contribution is 2.74. The molecule has 0 aliphatic heterocycles. The first kappa shape index (κ1) is 25.6. The van der Waals surface area contributed by atoms with E-state index in [0.29, 0.717) is 23.9 Å². The van der Waals surface area contributed by atoms with Gasteiger partial charge < -0.3 is 9.84 Å². The van der Waals surface area contributed by atoms with Crippen LogP contribution in [0.25, 0.3) is 0 Å². The zero-order valence-electron chi connectivity index (χ0n) is 23.7. The lowest BCUT2D eigenvalue weighted by molar-refractivity contribution is -0.197. The Morgan fingerprint density at radius 1 is 0.971 bits per heavy atom. The molecule has 35 heavy (non-hydrogen) atoms. The van der Waals surface area contributed by atoms with Crippen molar-refractivity contribution in [1.82, 2.24) is 0 Å². The van der Waals surface area contributed by atoms with Crippen molar-refractivity contribution in [2.24, 2.45) is 44.3 Å². The molecule has 5 aliphatic carbocycles. The van der Waals surface area contributed by atoms with Gasteiger partial charge in [0.1, 0.15) is 6.10 Å². The molecule has 3 nitrogen and oxygen atoms in total. The molecule has 0 aromatic heterocycles. The van der Waals surface area contributed by atoms with Crippen LogP contribution in [0.15, 0.2) is 23.3 Å². The monoisotopic (exact) mass is 482 g/mol. The van der Waals surface area contributed by atoms with Gasteiger partial charge in [0, 0.05) is 18.9 Å². The molecule has 0 heterocycles. The molecule has 5 rings (SSSR count). The van der Waals surface area contributed by atoms with Gasteiger partial charge in [-0.15, -0.1) is 0 Å². The van der Waals surface area contributed by atoms with Gasteiger partial charge in [0.15, 0.2) is 0 Å². The van der Waals surface area contributed by atoms with E-state index >= 15 is 0 Å². The molecule has 0 saturated heterocycles. The molecule has 0 aromatic carbocycles. The SMILES string of the molecule is CC(=O)O[C@H]1CC[C@]2(C)[C@H]3C=CC4=C5C[C@@](C)(CO)CC[C@]5(C)CC[C@@]4(C)[C@]3(C)CC[C@H]2C1(C)C. The summed E-state index contributed by atoms with van der Waals surface area (Å²) in [6, 6.07) is 0. The quantitative estimate of drug-likeness (QED) is 0.412. The standard InChI is InChI=1S/C32H50O3/c1-21(34)35-26-12-13-30(6)24(27(26,2)3)11-14-32(8)25(30)10-9-22-23-19-28(4,20-33)15-16-29(23,5)17-18-31(22,32)7/h9-10,24-26,33H,11-20H2,1-8H3/t24-,25+,26-,28-,29+,30-,31+,32+/m0/s1. The average molecular weight is 483 g/mol. The fourth-order valence-electron chi connectivity index (χ4n) is 10.3. The van der Waals surface area contributed by atoms with Crippen LogP contribution in [0.1, 0.15) is 113 Å². The first-order valence-corrected chi connectivity index (χ1v) is 14.4. The third-order valence-corrected chi connectivity index (χ3v) is 12.9. The van der Waals surface area contributed by atoms with Crippen molar-refractivity contribution in [2.45, 2.75) is 119 Å². The normalized spacial score (nSPS) is 50.5. The first-order valence-electron chi connectivity index (χ1n) is 14.4. The van der Waals surface area contributed by atoms with Crippen LogP contribution in [0.3, 0.4) is 0 Å². The van der Waals surface area contributed by atoms with Crippen molar-refractivity contribution in [3.63, 3.8) is 0 Å². The minimum Gasteiger partial charge on any atom is -0.462 e. The number of carbonyl (C=O) groups is 1. The van der Waals surface area contributed by atoms with Gasteiger partial charge >= 0.3 is 5.97 Å². The maximum Gasteiger partial charge on any atom is 0.302 e. The van der Waals surface area contributed by atoms with Crippen LogP contribution in [0.4, 0.5) is 0 Å². The van der Waals surface area contributed by atoms with E-state index in [4.69, 9.17) is 4.74 Å². The Morgan fingerprint density at radius 3 is 2.31 bits per heavy atom. The fourth-order valence-corrected chi connectivity index (χ4v) is 10.3. The van der Waals surface area contributed by atoms with E-state index in [1.807, 2.05) is 0 Å². The van der Waals surface area contributed by atoms with Crippen molar-refractivity contribution in [2.75, 3.05) is 6.61 Å². The predicted molar refractivity (Wildman–Crippen MR) is 142 cm³/mol. The van der Waals surface area contributed by atoms with E-state index in [1.165, 1.54) is 32.1 Å². The summed E-state index contributed by atoms with van der Waals surface area (Å²) >= 11 is 0. The molecule has 3 saturated carbocycles. The van der Waals surface area contributed by atoms with Gasteiger partial charge in [0.25, 0.3) is 0 Å². The Balaban J connectivity index is 1.59. The van der Waals surface area contributed by atoms with Gasteiger partial charge in [-0.25, -0.2) is 0 Å². The number of esters is 1. The molecule has 3 fully saturated rings. The van der Waals surface area contributed by atoms with Gasteiger partial charge in [0.2, 0.25) is 0 Å². The van der Waals surface area contributed by atoms with E-state index in [-0.39, 0.29) is 39.1 Å². The van der Waals surface area contributed by atoms with Crippen molar-refractivity contribution < 1.29 is 14.6 Å². The molecule has 0 amide bonds. The molecule has 3 heteroatoms. The maximum atomic E-state index is 11.9. The van der Waals surface area contributed by atoms with E-state index in [1.54, 1.807) is 18.1 Å². The fraction of sp³-hybridized carbons (Fsp3) is 0.844. The third kappa shape index (κ3) is 3.35. The smallest absolute Gasteiger partial charge is 0.302 e. The van der Waals surface area contributed by atoms with E-state index < -0.39 is 0 Å². The number of aliphatic hydroxyl groups is 1. The van der Waals surface area contributed by atoms with E-state index in [9.17, 15) is 9.90 Å². The summed E-state index contributed by atoms with van der Waals surface area (Å²) in [5.74, 6) is 0.953. The summed E-state index contributed by atoms with van der Waals surface area (Å²) in [6.07, 6.45) is 15.7. The number of allylic oxidation sites excluding steroid dienone is 4. The number of rotatable bonds is 2. The molecule has 0 radical (unpaired) electrons. The Hall–Kier alpha value is -1.09. The maximum absolute atomic E-state index is 11.9. The van der Waals surface area contributed by atoms with Crippen molar-refractivity contribution >= 4 is 5.97 Å². The molecule has 0 aromatic rings. The molecule has 0 unspecified atom stereocenters. The van der Waals surface area contributed by atoms with Crippen LogP contribution in [0.2, 0.25) is 0 Å². The Kier molecular flexibility index (Phi) is 5.63. The third-order valence-electron chi connectivity index (χ3n) is 12.9. The average Bonchev–Trinajstić information content (AvgIpc) is 2.77.